The van der Waals surface area contributed by atoms with Gasteiger partial charge in [0, 0.05) is 18.0 Å². The van der Waals surface area contributed by atoms with Crippen LogP contribution in [-0.2, 0) is 0 Å². The van der Waals surface area contributed by atoms with Gasteiger partial charge >= 0.3 is 6.18 Å². The lowest BCUT2D eigenvalue weighted by atomic mass is 10.0. The SMILES string of the molecule is O=C(c1cccc2ccccc12)N(CCCl)CC(F)(F)F. The first-order valence-corrected chi connectivity index (χ1v) is 6.85. The molecule has 2 rings (SSSR count). The Morgan fingerprint density at radius 3 is 2.43 bits per heavy atom. The number of hydrogen-bond acceptors (Lipinski definition) is 1. The predicted molar refractivity (Wildman–Crippen MR) is 76.6 cm³/mol. The number of benzene rings is 2. The lowest BCUT2D eigenvalue weighted by Crippen LogP contribution is -2.40. The molecule has 0 aliphatic carbocycles. The van der Waals surface area contributed by atoms with Gasteiger partial charge in [0.25, 0.3) is 5.91 Å². The molecule has 112 valence electrons. The van der Waals surface area contributed by atoms with Crippen LogP contribution in [0.3, 0.4) is 0 Å². The average molecular weight is 316 g/mol. The molecule has 0 radical (unpaired) electrons. The molecule has 6 heteroatoms. The molecule has 0 saturated heterocycles. The Labute approximate surface area is 125 Å². The van der Waals surface area contributed by atoms with Crippen LogP contribution in [0, 0.1) is 0 Å². The Balaban J connectivity index is 2.39. The summed E-state index contributed by atoms with van der Waals surface area (Å²) in [7, 11) is 0. The number of nitrogens with zero attached hydrogens (tertiary/aromatic N) is 1. The molecule has 0 bridgehead atoms. The van der Waals surface area contributed by atoms with E-state index in [2.05, 4.69) is 0 Å². The van der Waals surface area contributed by atoms with Crippen molar-refractivity contribution >= 4 is 28.3 Å². The predicted octanol–water partition coefficient (Wildman–Crippen LogP) is 4.08. The first-order chi connectivity index (χ1) is 9.92. The van der Waals surface area contributed by atoms with Crippen molar-refractivity contribution in [1.29, 1.82) is 0 Å². The van der Waals surface area contributed by atoms with E-state index in [0.717, 1.165) is 10.3 Å². The standard InChI is InChI=1S/C15H13ClF3NO/c16-8-9-20(10-15(17,18)19)14(21)13-7-3-5-11-4-1-2-6-12(11)13/h1-7H,8-10H2. The largest absolute Gasteiger partial charge is 0.406 e. The summed E-state index contributed by atoms with van der Waals surface area (Å²) in [6.07, 6.45) is -4.45. The second-order valence-corrected chi connectivity index (χ2v) is 4.94. The summed E-state index contributed by atoms with van der Waals surface area (Å²) in [6, 6.07) is 12.1. The van der Waals surface area contributed by atoms with E-state index in [1.807, 2.05) is 18.2 Å². The number of alkyl halides is 4. The lowest BCUT2D eigenvalue weighted by Gasteiger charge is -2.23. The van der Waals surface area contributed by atoms with Gasteiger partial charge in [-0.2, -0.15) is 13.2 Å². The van der Waals surface area contributed by atoms with E-state index in [9.17, 15) is 18.0 Å². The number of amides is 1. The van der Waals surface area contributed by atoms with Gasteiger partial charge in [0.2, 0.25) is 0 Å². The lowest BCUT2D eigenvalue weighted by molar-refractivity contribution is -0.140. The smallest absolute Gasteiger partial charge is 0.328 e. The maximum absolute atomic E-state index is 12.6. The molecular formula is C15H13ClF3NO. The molecule has 2 aromatic rings. The maximum atomic E-state index is 12.6. The van der Waals surface area contributed by atoms with Crippen LogP contribution in [0.15, 0.2) is 42.5 Å². The zero-order chi connectivity index (χ0) is 15.5. The molecule has 0 aliphatic heterocycles. The van der Waals surface area contributed by atoms with Crippen LogP contribution in [0.25, 0.3) is 10.8 Å². The minimum Gasteiger partial charge on any atom is -0.328 e. The summed E-state index contributed by atoms with van der Waals surface area (Å²) in [5.41, 5.74) is 0.252. The van der Waals surface area contributed by atoms with Gasteiger partial charge in [-0.25, -0.2) is 0 Å². The quantitative estimate of drug-likeness (QED) is 0.778. The topological polar surface area (TPSA) is 20.3 Å². The Hall–Kier alpha value is -1.75. The van der Waals surface area contributed by atoms with Crippen LogP contribution >= 0.6 is 11.6 Å². The normalized spacial score (nSPS) is 11.6. The zero-order valence-corrected chi connectivity index (χ0v) is 11.8. The molecule has 0 aromatic heterocycles. The van der Waals surface area contributed by atoms with Crippen LogP contribution in [-0.4, -0.2) is 36.0 Å². The summed E-state index contributed by atoms with van der Waals surface area (Å²) >= 11 is 5.51. The molecular weight excluding hydrogens is 303 g/mol. The van der Waals surface area contributed by atoms with Gasteiger partial charge in [-0.3, -0.25) is 4.79 Å². The molecule has 0 atom stereocenters. The molecule has 0 spiro atoms. The van der Waals surface area contributed by atoms with Gasteiger partial charge in [0.1, 0.15) is 6.54 Å². The molecule has 2 nitrogen and oxygen atoms in total. The number of rotatable bonds is 4. The fourth-order valence-corrected chi connectivity index (χ4v) is 2.36. The Morgan fingerprint density at radius 2 is 1.76 bits per heavy atom. The first-order valence-electron chi connectivity index (χ1n) is 6.32. The van der Waals surface area contributed by atoms with Gasteiger partial charge in [0.15, 0.2) is 0 Å². The Kier molecular flexibility index (Phi) is 4.73. The van der Waals surface area contributed by atoms with E-state index in [1.54, 1.807) is 18.2 Å². The van der Waals surface area contributed by atoms with Crippen molar-refractivity contribution in [3.05, 3.63) is 48.0 Å². The van der Waals surface area contributed by atoms with Gasteiger partial charge < -0.3 is 4.90 Å². The first kappa shape index (κ1) is 15.6. The van der Waals surface area contributed by atoms with Crippen LogP contribution in [0.1, 0.15) is 10.4 Å². The summed E-state index contributed by atoms with van der Waals surface area (Å²) in [6.45, 7) is -1.45. The van der Waals surface area contributed by atoms with Gasteiger partial charge in [-0.1, -0.05) is 36.4 Å². The van der Waals surface area contributed by atoms with Gasteiger partial charge in [0.05, 0.1) is 0 Å². The summed E-state index contributed by atoms with van der Waals surface area (Å²) in [5, 5.41) is 1.44. The van der Waals surface area contributed by atoms with Crippen molar-refractivity contribution < 1.29 is 18.0 Å². The molecule has 0 N–H and O–H groups in total. The number of carbonyl (C=O) groups excluding carboxylic acids is 1. The van der Waals surface area contributed by atoms with E-state index in [0.29, 0.717) is 5.39 Å². The fraction of sp³-hybridized carbons (Fsp3) is 0.267. The molecule has 0 heterocycles. The molecule has 21 heavy (non-hydrogen) atoms. The van der Waals surface area contributed by atoms with Crippen LogP contribution < -0.4 is 0 Å². The monoisotopic (exact) mass is 315 g/mol. The number of fused-ring (bicyclic) bond motifs is 1. The van der Waals surface area contributed by atoms with Crippen molar-refractivity contribution in [2.75, 3.05) is 19.0 Å². The van der Waals surface area contributed by atoms with E-state index in [-0.39, 0.29) is 18.0 Å². The van der Waals surface area contributed by atoms with Crippen molar-refractivity contribution in [2.24, 2.45) is 0 Å². The third kappa shape index (κ3) is 3.88. The van der Waals surface area contributed by atoms with Crippen LogP contribution in [0.4, 0.5) is 13.2 Å². The highest BCUT2D eigenvalue weighted by molar-refractivity contribution is 6.18. The zero-order valence-electron chi connectivity index (χ0n) is 11.0. The minimum atomic E-state index is -4.45. The summed E-state index contributed by atoms with van der Waals surface area (Å²) in [5.74, 6) is -0.711. The van der Waals surface area contributed by atoms with E-state index in [4.69, 9.17) is 11.6 Å². The third-order valence-electron chi connectivity index (χ3n) is 3.03. The Morgan fingerprint density at radius 1 is 1.10 bits per heavy atom. The summed E-state index contributed by atoms with van der Waals surface area (Å²) < 4.78 is 37.7. The van der Waals surface area contributed by atoms with Crippen molar-refractivity contribution in [2.45, 2.75) is 6.18 Å². The molecule has 2 aromatic carbocycles. The van der Waals surface area contributed by atoms with Gasteiger partial charge in [-0.15, -0.1) is 11.6 Å². The van der Waals surface area contributed by atoms with Gasteiger partial charge in [-0.05, 0) is 16.8 Å². The highest BCUT2D eigenvalue weighted by atomic mass is 35.5. The molecule has 0 aliphatic rings. The number of halogens is 4. The molecule has 0 saturated carbocycles. The molecule has 0 fully saturated rings. The second kappa shape index (κ2) is 6.35. The fourth-order valence-electron chi connectivity index (χ4n) is 2.15. The van der Waals surface area contributed by atoms with Crippen LogP contribution in [0.5, 0.6) is 0 Å². The molecule has 0 unspecified atom stereocenters. The number of hydrogen-bond donors (Lipinski definition) is 0. The average Bonchev–Trinajstić information content (AvgIpc) is 2.44. The van der Waals surface area contributed by atoms with E-state index in [1.165, 1.54) is 6.07 Å². The minimum absolute atomic E-state index is 0.0490. The number of carbonyl (C=O) groups is 1. The second-order valence-electron chi connectivity index (χ2n) is 4.56. The van der Waals surface area contributed by atoms with Crippen LogP contribution in [0.2, 0.25) is 0 Å². The Bertz CT molecular complexity index is 637. The van der Waals surface area contributed by atoms with E-state index < -0.39 is 18.6 Å². The molecule has 1 amide bonds. The maximum Gasteiger partial charge on any atom is 0.406 e. The van der Waals surface area contributed by atoms with Crippen molar-refractivity contribution in [3.8, 4) is 0 Å². The van der Waals surface area contributed by atoms with Crippen molar-refractivity contribution in [1.82, 2.24) is 4.90 Å². The summed E-state index contributed by atoms with van der Waals surface area (Å²) in [4.78, 5) is 13.1. The highest BCUT2D eigenvalue weighted by Gasteiger charge is 2.33. The van der Waals surface area contributed by atoms with E-state index >= 15 is 0 Å². The highest BCUT2D eigenvalue weighted by Crippen LogP contribution is 2.22. The third-order valence-corrected chi connectivity index (χ3v) is 3.20. The van der Waals surface area contributed by atoms with Crippen molar-refractivity contribution in [3.63, 3.8) is 0 Å².